The molecule has 1 saturated heterocycles. The zero-order valence-corrected chi connectivity index (χ0v) is 33.1. The van der Waals surface area contributed by atoms with Gasteiger partial charge in [0.15, 0.2) is 9.84 Å². The zero-order chi connectivity index (χ0) is 38.3. The molecule has 0 bridgehead atoms. The maximum atomic E-state index is 14.8. The minimum Gasteiger partial charge on any atom is -0.346 e. The standard InChI is InChI=1S/C39H63N5O7S/c1-8-22-40-33(47)30(45)27(17-16-25-14-15-25)41-32(46)29-28-26(37(28,5)6)23-44(29)34(48)31(38(7)18-12-13-19-38)42-35(49)43-39(20-10-9-11-21-39)24-52(50,51)36(2,3)4/h8,25-29,31H,1,9-24H2,2-7H3,(H,40,47)(H,41,46)(H2,42,43,49)/t26-,27?,28-,29-,31+/m0/s1. The molecule has 0 aromatic heterocycles. The Labute approximate surface area is 310 Å². The van der Waals surface area contributed by atoms with Crippen LogP contribution in [0.15, 0.2) is 12.7 Å². The molecule has 1 heterocycles. The van der Waals surface area contributed by atoms with Crippen LogP contribution in [0, 0.1) is 28.6 Å². The van der Waals surface area contributed by atoms with Gasteiger partial charge in [0, 0.05) is 13.1 Å². The van der Waals surface area contributed by atoms with E-state index in [1.807, 2.05) is 6.92 Å². The second-order valence-electron chi connectivity index (χ2n) is 18.4. The van der Waals surface area contributed by atoms with Crippen molar-refractivity contribution in [3.8, 4) is 0 Å². The summed E-state index contributed by atoms with van der Waals surface area (Å²) < 4.78 is 25.9. The number of carbonyl (C=O) groups excluding carboxylic acids is 5. The Morgan fingerprint density at radius 3 is 2.12 bits per heavy atom. The molecule has 4 saturated carbocycles. The molecular weight excluding hydrogens is 683 g/mol. The van der Waals surface area contributed by atoms with Crippen molar-refractivity contribution in [2.75, 3.05) is 18.8 Å². The lowest BCUT2D eigenvalue weighted by atomic mass is 9.79. The van der Waals surface area contributed by atoms with Crippen molar-refractivity contribution in [2.45, 2.75) is 153 Å². The monoisotopic (exact) mass is 745 g/mol. The topological polar surface area (TPSA) is 171 Å². The van der Waals surface area contributed by atoms with Crippen molar-refractivity contribution >= 4 is 39.4 Å². The highest BCUT2D eigenvalue weighted by Gasteiger charge is 2.70. The number of Topliss-reactive ketones (excluding diaryl/α,β-unsaturated/α-hetero) is 1. The Morgan fingerprint density at radius 2 is 1.54 bits per heavy atom. The van der Waals surface area contributed by atoms with Crippen LogP contribution in [0.2, 0.25) is 0 Å². The van der Waals surface area contributed by atoms with Gasteiger partial charge in [0.1, 0.15) is 12.1 Å². The first-order valence-corrected chi connectivity index (χ1v) is 21.3. The predicted octanol–water partition coefficient (Wildman–Crippen LogP) is 4.18. The van der Waals surface area contributed by atoms with Crippen LogP contribution in [0.3, 0.4) is 0 Å². The van der Waals surface area contributed by atoms with Crippen LogP contribution in [0.1, 0.15) is 125 Å². The molecule has 0 aromatic rings. The number of likely N-dealkylation sites (tertiary alicyclic amines) is 1. The van der Waals surface area contributed by atoms with E-state index >= 15 is 0 Å². The van der Waals surface area contributed by atoms with Gasteiger partial charge in [-0.2, -0.15) is 0 Å². The number of ketones is 1. The lowest BCUT2D eigenvalue weighted by Gasteiger charge is -2.42. The third-order valence-electron chi connectivity index (χ3n) is 13.1. The highest BCUT2D eigenvalue weighted by atomic mass is 32.2. The maximum absolute atomic E-state index is 14.8. The highest BCUT2D eigenvalue weighted by Crippen LogP contribution is 2.65. The fraction of sp³-hybridized carbons (Fsp3) is 0.821. The second kappa shape index (κ2) is 15.1. The number of urea groups is 1. The van der Waals surface area contributed by atoms with Gasteiger partial charge in [0.2, 0.25) is 17.6 Å². The molecule has 12 nitrogen and oxygen atoms in total. The molecule has 1 unspecified atom stereocenters. The van der Waals surface area contributed by atoms with Crippen LogP contribution in [0.5, 0.6) is 0 Å². The smallest absolute Gasteiger partial charge is 0.315 e. The SMILES string of the molecule is C=CCNC(=O)C(=O)C(CCC1CC1)NC(=O)[C@@H]1[C@@H]2[C@H](CN1C(=O)[C@@H](NC(=O)NC1(CS(=O)(=O)C(C)(C)C)CCCCC1)C1(C)CCCC1)C2(C)C. The van der Waals surface area contributed by atoms with Crippen LogP contribution in [0.25, 0.3) is 0 Å². The first-order valence-electron chi connectivity index (χ1n) is 19.6. The molecule has 5 rings (SSSR count). The normalized spacial score (nSPS) is 27.0. The van der Waals surface area contributed by atoms with E-state index in [0.717, 1.165) is 44.9 Å². The van der Waals surface area contributed by atoms with E-state index < -0.39 is 67.3 Å². The largest absolute Gasteiger partial charge is 0.346 e. The van der Waals surface area contributed by atoms with Crippen LogP contribution < -0.4 is 21.3 Å². The average Bonchev–Trinajstić information content (AvgIpc) is 3.83. The Balaban J connectivity index is 1.38. The average molecular weight is 746 g/mol. The Morgan fingerprint density at radius 1 is 0.923 bits per heavy atom. The summed E-state index contributed by atoms with van der Waals surface area (Å²) >= 11 is 0. The summed E-state index contributed by atoms with van der Waals surface area (Å²) in [6.45, 7) is 15.3. The summed E-state index contributed by atoms with van der Waals surface area (Å²) in [5.74, 6) is -2.04. The summed E-state index contributed by atoms with van der Waals surface area (Å²) in [7, 11) is -3.56. The van der Waals surface area contributed by atoms with Gasteiger partial charge in [0.25, 0.3) is 5.91 Å². The quantitative estimate of drug-likeness (QED) is 0.144. The molecule has 1 aliphatic heterocycles. The van der Waals surface area contributed by atoms with Crippen molar-refractivity contribution in [1.29, 1.82) is 0 Å². The first-order chi connectivity index (χ1) is 24.3. The summed E-state index contributed by atoms with van der Waals surface area (Å²) in [5, 5.41) is 11.5. The van der Waals surface area contributed by atoms with Gasteiger partial charge in [-0.05, 0) is 87.9 Å². The zero-order valence-electron chi connectivity index (χ0n) is 32.3. The number of amides is 5. The molecule has 5 fully saturated rings. The molecule has 0 aromatic carbocycles. The minimum atomic E-state index is -3.56. The Kier molecular flexibility index (Phi) is 11.6. The number of nitrogens with zero attached hydrogens (tertiary/aromatic N) is 1. The molecule has 0 radical (unpaired) electrons. The minimum absolute atomic E-state index is 0.0719. The molecule has 4 aliphatic carbocycles. The van der Waals surface area contributed by atoms with Gasteiger partial charge in [-0.15, -0.1) is 6.58 Å². The lowest BCUT2D eigenvalue weighted by Crippen LogP contribution is -2.64. The summed E-state index contributed by atoms with van der Waals surface area (Å²) in [4.78, 5) is 70.8. The van der Waals surface area contributed by atoms with E-state index in [9.17, 15) is 32.4 Å². The van der Waals surface area contributed by atoms with Crippen molar-refractivity contribution in [3.63, 3.8) is 0 Å². The molecule has 292 valence electrons. The van der Waals surface area contributed by atoms with E-state index in [1.165, 1.54) is 6.08 Å². The summed E-state index contributed by atoms with van der Waals surface area (Å²) in [5.41, 5.74) is -1.71. The van der Waals surface area contributed by atoms with Crippen LogP contribution in [-0.2, 0) is 29.0 Å². The molecule has 5 atom stereocenters. The van der Waals surface area contributed by atoms with Crippen LogP contribution in [-0.4, -0.2) is 90.1 Å². The lowest BCUT2D eigenvalue weighted by molar-refractivity contribution is -0.145. The van der Waals surface area contributed by atoms with Crippen LogP contribution in [0.4, 0.5) is 4.79 Å². The Hall–Kier alpha value is -2.96. The van der Waals surface area contributed by atoms with Gasteiger partial charge < -0.3 is 26.2 Å². The molecule has 13 heteroatoms. The van der Waals surface area contributed by atoms with Crippen molar-refractivity contribution in [1.82, 2.24) is 26.2 Å². The fourth-order valence-electron chi connectivity index (χ4n) is 9.25. The van der Waals surface area contributed by atoms with E-state index in [-0.39, 0.29) is 35.5 Å². The van der Waals surface area contributed by atoms with E-state index in [4.69, 9.17) is 0 Å². The van der Waals surface area contributed by atoms with Crippen molar-refractivity contribution in [2.24, 2.45) is 28.6 Å². The van der Waals surface area contributed by atoms with E-state index in [2.05, 4.69) is 41.7 Å². The maximum Gasteiger partial charge on any atom is 0.315 e. The highest BCUT2D eigenvalue weighted by molar-refractivity contribution is 7.92. The molecule has 5 amide bonds. The molecule has 4 N–H and O–H groups in total. The van der Waals surface area contributed by atoms with Gasteiger partial charge in [-0.1, -0.05) is 71.8 Å². The molecule has 0 spiro atoms. The number of fused-ring (bicyclic) bond motifs is 1. The Bertz CT molecular complexity index is 1520. The third-order valence-corrected chi connectivity index (χ3v) is 15.9. The van der Waals surface area contributed by atoms with Crippen LogP contribution >= 0.6 is 0 Å². The van der Waals surface area contributed by atoms with E-state index in [0.29, 0.717) is 51.0 Å². The van der Waals surface area contributed by atoms with Crippen molar-refractivity contribution in [3.05, 3.63) is 12.7 Å². The number of hydrogen-bond acceptors (Lipinski definition) is 7. The summed E-state index contributed by atoms with van der Waals surface area (Å²) in [6.07, 6.45) is 11.5. The number of carbonyl (C=O) groups is 5. The second-order valence-corrected chi connectivity index (χ2v) is 21.2. The van der Waals surface area contributed by atoms with Gasteiger partial charge in [-0.3, -0.25) is 19.2 Å². The van der Waals surface area contributed by atoms with Gasteiger partial charge in [-0.25, -0.2) is 13.2 Å². The van der Waals surface area contributed by atoms with Gasteiger partial charge in [0.05, 0.1) is 22.1 Å². The number of hydrogen-bond donors (Lipinski definition) is 4. The number of rotatable bonds is 15. The first kappa shape index (κ1) is 40.2. The molecule has 5 aliphatic rings. The predicted molar refractivity (Wildman–Crippen MR) is 200 cm³/mol. The molecule has 52 heavy (non-hydrogen) atoms. The number of sulfone groups is 1. The number of nitrogens with one attached hydrogen (secondary N) is 4. The van der Waals surface area contributed by atoms with E-state index in [1.54, 1.807) is 25.7 Å². The van der Waals surface area contributed by atoms with Crippen molar-refractivity contribution < 1.29 is 32.4 Å². The fourth-order valence-corrected chi connectivity index (χ4v) is 10.8. The van der Waals surface area contributed by atoms with Gasteiger partial charge >= 0.3 is 6.03 Å². The summed E-state index contributed by atoms with van der Waals surface area (Å²) in [6, 6.07) is -3.39. The molecular formula is C39H63N5O7S. The number of piperidine rings is 1. The third kappa shape index (κ3) is 8.54.